The lowest BCUT2D eigenvalue weighted by molar-refractivity contribution is -0.120. The molecule has 0 saturated carbocycles. The fraction of sp³-hybridized carbons (Fsp3) is 0.235. The van der Waals surface area contributed by atoms with E-state index in [0.29, 0.717) is 23.1 Å². The smallest absolute Gasteiger partial charge is 0.234 e. The maximum atomic E-state index is 11.7. The molecule has 2 rings (SSSR count). The first-order chi connectivity index (χ1) is 10.6. The lowest BCUT2D eigenvalue weighted by Crippen LogP contribution is -2.34. The number of nitrogens with one attached hydrogen (secondary N) is 2. The van der Waals surface area contributed by atoms with E-state index in [1.54, 1.807) is 6.07 Å². The second kappa shape index (κ2) is 8.79. The van der Waals surface area contributed by atoms with Crippen molar-refractivity contribution in [2.45, 2.75) is 13.0 Å². The van der Waals surface area contributed by atoms with Crippen LogP contribution in [-0.4, -0.2) is 19.0 Å². The molecule has 116 valence electrons. The molecule has 22 heavy (non-hydrogen) atoms. The van der Waals surface area contributed by atoms with Crippen molar-refractivity contribution in [3.63, 3.8) is 0 Å². The van der Waals surface area contributed by atoms with Crippen LogP contribution in [0.5, 0.6) is 0 Å². The largest absolute Gasteiger partial charge is 0.351 e. The summed E-state index contributed by atoms with van der Waals surface area (Å²) in [5, 5.41) is 7.26. The zero-order valence-corrected chi connectivity index (χ0v) is 13.6. The Labute approximate surface area is 140 Å². The van der Waals surface area contributed by atoms with E-state index in [4.69, 9.17) is 23.2 Å². The van der Waals surface area contributed by atoms with Crippen molar-refractivity contribution >= 4 is 29.1 Å². The van der Waals surface area contributed by atoms with Crippen LogP contribution < -0.4 is 10.6 Å². The van der Waals surface area contributed by atoms with Gasteiger partial charge in [0, 0.05) is 16.6 Å². The van der Waals surface area contributed by atoms with Crippen molar-refractivity contribution in [2.75, 3.05) is 13.1 Å². The molecule has 0 saturated heterocycles. The van der Waals surface area contributed by atoms with Gasteiger partial charge in [0.05, 0.1) is 6.54 Å². The maximum absolute atomic E-state index is 11.7. The number of rotatable bonds is 7. The van der Waals surface area contributed by atoms with Gasteiger partial charge in [-0.25, -0.2) is 0 Å². The SMILES string of the molecule is O=C(CNCCc1ccc(Cl)cc1Cl)NCc1ccccc1. The molecular weight excluding hydrogens is 319 g/mol. The molecule has 3 nitrogen and oxygen atoms in total. The lowest BCUT2D eigenvalue weighted by Gasteiger charge is -2.08. The first kappa shape index (κ1) is 16.8. The molecular formula is C17H18Cl2N2O. The Morgan fingerprint density at radius 2 is 1.82 bits per heavy atom. The fourth-order valence-corrected chi connectivity index (χ4v) is 2.51. The van der Waals surface area contributed by atoms with Gasteiger partial charge in [0.1, 0.15) is 0 Å². The number of amides is 1. The molecule has 2 aromatic carbocycles. The summed E-state index contributed by atoms with van der Waals surface area (Å²) in [4.78, 5) is 11.7. The van der Waals surface area contributed by atoms with Crippen molar-refractivity contribution < 1.29 is 4.79 Å². The molecule has 0 aliphatic carbocycles. The first-order valence-corrected chi connectivity index (χ1v) is 7.86. The van der Waals surface area contributed by atoms with Crippen molar-refractivity contribution in [1.82, 2.24) is 10.6 Å². The van der Waals surface area contributed by atoms with E-state index in [-0.39, 0.29) is 12.5 Å². The molecule has 0 fully saturated rings. The third-order valence-corrected chi connectivity index (χ3v) is 3.79. The van der Waals surface area contributed by atoms with E-state index in [1.165, 1.54) is 0 Å². The van der Waals surface area contributed by atoms with E-state index < -0.39 is 0 Å². The quantitative estimate of drug-likeness (QED) is 0.760. The van der Waals surface area contributed by atoms with Crippen LogP contribution in [0.4, 0.5) is 0 Å². The Hall–Kier alpha value is -1.55. The highest BCUT2D eigenvalue weighted by atomic mass is 35.5. The fourth-order valence-electron chi connectivity index (χ4n) is 2.01. The number of halogens is 2. The summed E-state index contributed by atoms with van der Waals surface area (Å²) in [6, 6.07) is 15.3. The molecule has 0 aromatic heterocycles. The highest BCUT2D eigenvalue weighted by Gasteiger charge is 2.03. The van der Waals surface area contributed by atoms with Gasteiger partial charge in [0.15, 0.2) is 0 Å². The summed E-state index contributed by atoms with van der Waals surface area (Å²) in [6.45, 7) is 1.52. The summed E-state index contributed by atoms with van der Waals surface area (Å²) < 4.78 is 0. The summed E-state index contributed by atoms with van der Waals surface area (Å²) in [5.74, 6) is -0.0222. The predicted octanol–water partition coefficient (Wildman–Crippen LogP) is 3.44. The van der Waals surface area contributed by atoms with Crippen molar-refractivity contribution in [3.8, 4) is 0 Å². The van der Waals surface area contributed by atoms with Gasteiger partial charge in [0.25, 0.3) is 0 Å². The Bertz CT molecular complexity index is 617. The van der Waals surface area contributed by atoms with Crippen LogP contribution >= 0.6 is 23.2 Å². The Kier molecular flexibility index (Phi) is 6.72. The second-order valence-corrected chi connectivity index (χ2v) is 5.77. The Morgan fingerprint density at radius 1 is 1.05 bits per heavy atom. The van der Waals surface area contributed by atoms with Crippen LogP contribution in [0.2, 0.25) is 10.0 Å². The number of carbonyl (C=O) groups excluding carboxylic acids is 1. The van der Waals surface area contributed by atoms with Crippen LogP contribution in [0.1, 0.15) is 11.1 Å². The predicted molar refractivity (Wildman–Crippen MR) is 91.3 cm³/mol. The second-order valence-electron chi connectivity index (χ2n) is 4.92. The molecule has 0 heterocycles. The van der Waals surface area contributed by atoms with Gasteiger partial charge in [-0.05, 0) is 36.2 Å². The highest BCUT2D eigenvalue weighted by Crippen LogP contribution is 2.20. The average Bonchev–Trinajstić information content (AvgIpc) is 2.52. The number of benzene rings is 2. The first-order valence-electron chi connectivity index (χ1n) is 7.10. The minimum atomic E-state index is -0.0222. The van der Waals surface area contributed by atoms with Gasteiger partial charge in [-0.3, -0.25) is 4.79 Å². The van der Waals surface area contributed by atoms with Crippen LogP contribution in [0.25, 0.3) is 0 Å². The van der Waals surface area contributed by atoms with Gasteiger partial charge >= 0.3 is 0 Å². The molecule has 5 heteroatoms. The third kappa shape index (κ3) is 5.68. The number of carbonyl (C=O) groups is 1. The van der Waals surface area contributed by atoms with Crippen LogP contribution in [0, 0.1) is 0 Å². The van der Waals surface area contributed by atoms with Gasteiger partial charge in [-0.15, -0.1) is 0 Å². The van der Waals surface area contributed by atoms with Crippen molar-refractivity contribution in [1.29, 1.82) is 0 Å². The summed E-state index contributed by atoms with van der Waals surface area (Å²) >= 11 is 11.9. The van der Waals surface area contributed by atoms with Gasteiger partial charge in [-0.1, -0.05) is 59.6 Å². The lowest BCUT2D eigenvalue weighted by atomic mass is 10.1. The maximum Gasteiger partial charge on any atom is 0.234 e. The summed E-state index contributed by atoms with van der Waals surface area (Å²) in [5.41, 5.74) is 2.10. The normalized spacial score (nSPS) is 10.5. The Morgan fingerprint density at radius 3 is 2.55 bits per heavy atom. The minimum Gasteiger partial charge on any atom is -0.351 e. The molecule has 1 amide bonds. The monoisotopic (exact) mass is 336 g/mol. The molecule has 0 atom stereocenters. The topological polar surface area (TPSA) is 41.1 Å². The molecule has 2 aromatic rings. The summed E-state index contributed by atoms with van der Waals surface area (Å²) in [7, 11) is 0. The molecule has 0 spiro atoms. The molecule has 0 aliphatic rings. The molecule has 0 radical (unpaired) electrons. The van der Waals surface area contributed by atoms with Gasteiger partial charge < -0.3 is 10.6 Å². The number of hydrogen-bond donors (Lipinski definition) is 2. The zero-order valence-electron chi connectivity index (χ0n) is 12.1. The van der Waals surface area contributed by atoms with E-state index in [2.05, 4.69) is 10.6 Å². The summed E-state index contributed by atoms with van der Waals surface area (Å²) in [6.07, 6.45) is 0.752. The van der Waals surface area contributed by atoms with E-state index in [1.807, 2.05) is 42.5 Å². The zero-order chi connectivity index (χ0) is 15.8. The van der Waals surface area contributed by atoms with Crippen LogP contribution in [-0.2, 0) is 17.8 Å². The highest BCUT2D eigenvalue weighted by molar-refractivity contribution is 6.35. The van der Waals surface area contributed by atoms with Crippen LogP contribution in [0.3, 0.4) is 0 Å². The molecule has 0 unspecified atom stereocenters. The van der Waals surface area contributed by atoms with Gasteiger partial charge in [-0.2, -0.15) is 0 Å². The van der Waals surface area contributed by atoms with E-state index in [9.17, 15) is 4.79 Å². The molecule has 0 bridgehead atoms. The van der Waals surface area contributed by atoms with Gasteiger partial charge in [0.2, 0.25) is 5.91 Å². The van der Waals surface area contributed by atoms with Crippen LogP contribution in [0.15, 0.2) is 48.5 Å². The average molecular weight is 337 g/mol. The molecule has 0 aliphatic heterocycles. The molecule has 2 N–H and O–H groups in total. The van der Waals surface area contributed by atoms with E-state index in [0.717, 1.165) is 17.5 Å². The van der Waals surface area contributed by atoms with Crippen molar-refractivity contribution in [3.05, 3.63) is 69.7 Å². The standard InChI is InChI=1S/C17H18Cl2N2O/c18-15-7-6-14(16(19)10-15)8-9-20-12-17(22)21-11-13-4-2-1-3-5-13/h1-7,10,20H,8-9,11-12H2,(H,21,22). The van der Waals surface area contributed by atoms with E-state index >= 15 is 0 Å². The van der Waals surface area contributed by atoms with Crippen molar-refractivity contribution in [2.24, 2.45) is 0 Å². The Balaban J connectivity index is 1.65. The third-order valence-electron chi connectivity index (χ3n) is 3.20. The number of hydrogen-bond acceptors (Lipinski definition) is 2. The minimum absolute atomic E-state index is 0.0222.